The predicted octanol–water partition coefficient (Wildman–Crippen LogP) is 2.27. The molecule has 0 aromatic carbocycles. The summed E-state index contributed by atoms with van der Waals surface area (Å²) in [4.78, 5) is 33.0. The van der Waals surface area contributed by atoms with Gasteiger partial charge in [0.15, 0.2) is 0 Å². The van der Waals surface area contributed by atoms with Crippen LogP contribution in [0.25, 0.3) is 11.5 Å². The topological polar surface area (TPSA) is 110 Å². The first-order valence-corrected chi connectivity index (χ1v) is 10.5. The van der Waals surface area contributed by atoms with Crippen LogP contribution in [0.1, 0.15) is 50.8 Å². The molecular weight excluding hydrogens is 370 g/mol. The zero-order chi connectivity index (χ0) is 20.1. The first-order chi connectivity index (χ1) is 14.2. The Hall–Kier alpha value is -2.77. The van der Waals surface area contributed by atoms with Gasteiger partial charge >= 0.3 is 0 Å². The van der Waals surface area contributed by atoms with E-state index in [1.54, 1.807) is 6.20 Å². The van der Waals surface area contributed by atoms with E-state index in [4.69, 9.17) is 4.52 Å². The summed E-state index contributed by atoms with van der Waals surface area (Å²) in [6.07, 6.45) is 8.73. The molecular formula is C21H27N5O3. The maximum absolute atomic E-state index is 12.4. The average molecular weight is 397 g/mol. The Morgan fingerprint density at radius 1 is 1.03 bits per heavy atom. The van der Waals surface area contributed by atoms with Gasteiger partial charge < -0.3 is 15.2 Å². The lowest BCUT2D eigenvalue weighted by Gasteiger charge is -2.31. The second kappa shape index (κ2) is 9.15. The fraction of sp³-hybridized carbons (Fsp3) is 0.571. The number of hydrogen-bond donors (Lipinski definition) is 2. The molecule has 0 aliphatic heterocycles. The number of nitrogens with zero attached hydrogens (tertiary/aromatic N) is 3. The van der Waals surface area contributed by atoms with Crippen LogP contribution in [-0.2, 0) is 16.0 Å². The molecule has 2 heterocycles. The normalized spacial score (nSPS) is 21.9. The molecule has 2 fully saturated rings. The highest BCUT2D eigenvalue weighted by molar-refractivity contribution is 5.80. The first kappa shape index (κ1) is 19.5. The lowest BCUT2D eigenvalue weighted by Crippen LogP contribution is -2.44. The Labute approximate surface area is 169 Å². The minimum absolute atomic E-state index is 0.0126. The zero-order valence-corrected chi connectivity index (χ0v) is 16.5. The van der Waals surface area contributed by atoms with Gasteiger partial charge in [-0.25, -0.2) is 0 Å². The molecule has 2 aromatic heterocycles. The summed E-state index contributed by atoms with van der Waals surface area (Å²) in [6.45, 7) is 0.459. The highest BCUT2D eigenvalue weighted by Gasteiger charge is 2.30. The number of rotatable bonds is 7. The number of nitrogens with one attached hydrogen (secondary N) is 2. The summed E-state index contributed by atoms with van der Waals surface area (Å²) in [7, 11) is 0. The number of aromatic nitrogens is 3. The predicted molar refractivity (Wildman–Crippen MR) is 105 cm³/mol. The van der Waals surface area contributed by atoms with Gasteiger partial charge in [-0.05, 0) is 50.7 Å². The van der Waals surface area contributed by atoms with Crippen LogP contribution in [0.4, 0.5) is 0 Å². The monoisotopic (exact) mass is 397 g/mol. The molecule has 4 rings (SSSR count). The van der Waals surface area contributed by atoms with E-state index in [0.29, 0.717) is 30.4 Å². The van der Waals surface area contributed by atoms with Gasteiger partial charge in [0, 0.05) is 37.0 Å². The molecule has 8 nitrogen and oxygen atoms in total. The first-order valence-electron chi connectivity index (χ1n) is 10.5. The van der Waals surface area contributed by atoms with Gasteiger partial charge in [0.05, 0.1) is 0 Å². The Kier molecular flexibility index (Phi) is 6.17. The van der Waals surface area contributed by atoms with Crippen molar-refractivity contribution in [2.75, 3.05) is 6.54 Å². The molecule has 0 saturated heterocycles. The Bertz CT molecular complexity index is 826. The SMILES string of the molecule is O=C(NCCc1nc(-c2ccccn2)no1)C1CCC(NC(=O)C2CCC2)CC1. The highest BCUT2D eigenvalue weighted by Crippen LogP contribution is 2.28. The molecule has 2 aliphatic rings. The van der Waals surface area contributed by atoms with E-state index in [1.165, 1.54) is 6.42 Å². The molecule has 154 valence electrons. The summed E-state index contributed by atoms with van der Waals surface area (Å²) in [5, 5.41) is 10.1. The van der Waals surface area contributed by atoms with Crippen molar-refractivity contribution in [3.8, 4) is 11.5 Å². The van der Waals surface area contributed by atoms with Crippen molar-refractivity contribution in [3.05, 3.63) is 30.3 Å². The molecule has 29 heavy (non-hydrogen) atoms. The number of hydrogen-bond acceptors (Lipinski definition) is 6. The van der Waals surface area contributed by atoms with Gasteiger partial charge in [-0.2, -0.15) is 4.98 Å². The van der Waals surface area contributed by atoms with E-state index in [9.17, 15) is 9.59 Å². The maximum Gasteiger partial charge on any atom is 0.228 e. The van der Waals surface area contributed by atoms with Crippen molar-refractivity contribution in [3.63, 3.8) is 0 Å². The minimum Gasteiger partial charge on any atom is -0.355 e. The number of carbonyl (C=O) groups is 2. The van der Waals surface area contributed by atoms with E-state index in [-0.39, 0.29) is 29.7 Å². The molecule has 2 aromatic rings. The van der Waals surface area contributed by atoms with Crippen molar-refractivity contribution < 1.29 is 14.1 Å². The molecule has 2 aliphatic carbocycles. The van der Waals surface area contributed by atoms with Crippen molar-refractivity contribution in [2.45, 2.75) is 57.4 Å². The van der Waals surface area contributed by atoms with Gasteiger partial charge in [0.25, 0.3) is 0 Å². The Morgan fingerprint density at radius 2 is 1.83 bits per heavy atom. The van der Waals surface area contributed by atoms with Crippen molar-refractivity contribution in [2.24, 2.45) is 11.8 Å². The second-order valence-electron chi connectivity index (χ2n) is 7.95. The van der Waals surface area contributed by atoms with Crippen LogP contribution in [-0.4, -0.2) is 39.5 Å². The summed E-state index contributed by atoms with van der Waals surface area (Å²) >= 11 is 0. The molecule has 2 amide bonds. The van der Waals surface area contributed by atoms with E-state index in [0.717, 1.165) is 38.5 Å². The van der Waals surface area contributed by atoms with Crippen LogP contribution < -0.4 is 10.6 Å². The molecule has 0 atom stereocenters. The van der Waals surface area contributed by atoms with Gasteiger partial charge in [0.2, 0.25) is 23.5 Å². The van der Waals surface area contributed by atoms with E-state index in [1.807, 2.05) is 18.2 Å². The number of carbonyl (C=O) groups excluding carboxylic acids is 2. The van der Waals surface area contributed by atoms with Crippen LogP contribution >= 0.6 is 0 Å². The molecule has 0 spiro atoms. The largest absolute Gasteiger partial charge is 0.355 e. The molecule has 2 N–H and O–H groups in total. The van der Waals surface area contributed by atoms with Gasteiger partial charge in [-0.1, -0.05) is 17.6 Å². The average Bonchev–Trinajstić information content (AvgIpc) is 3.17. The molecule has 2 saturated carbocycles. The third-order valence-electron chi connectivity index (χ3n) is 5.92. The third-order valence-corrected chi connectivity index (χ3v) is 5.92. The fourth-order valence-electron chi connectivity index (χ4n) is 3.88. The smallest absolute Gasteiger partial charge is 0.228 e. The third kappa shape index (κ3) is 4.99. The van der Waals surface area contributed by atoms with Gasteiger partial charge in [0.1, 0.15) is 5.69 Å². The standard InChI is InChI=1S/C21H27N5O3/c27-20(15-7-9-16(10-8-15)24-21(28)14-4-3-5-14)23-13-11-18-25-19(26-29-18)17-6-1-2-12-22-17/h1-2,6,12,14-16H,3-5,7-11,13H2,(H,23,27)(H,24,28). The van der Waals surface area contributed by atoms with Gasteiger partial charge in [-0.15, -0.1) is 0 Å². The summed E-state index contributed by atoms with van der Waals surface area (Å²) in [5.41, 5.74) is 0.660. The van der Waals surface area contributed by atoms with Gasteiger partial charge in [-0.3, -0.25) is 14.6 Å². The van der Waals surface area contributed by atoms with Crippen LogP contribution in [0.3, 0.4) is 0 Å². The lowest BCUT2D eigenvalue weighted by molar-refractivity contribution is -0.128. The Balaban J connectivity index is 1.16. The van der Waals surface area contributed by atoms with Crippen molar-refractivity contribution in [1.82, 2.24) is 25.8 Å². The van der Waals surface area contributed by atoms with E-state index < -0.39 is 0 Å². The second-order valence-corrected chi connectivity index (χ2v) is 7.95. The summed E-state index contributed by atoms with van der Waals surface area (Å²) in [6, 6.07) is 5.74. The van der Waals surface area contributed by atoms with Crippen molar-refractivity contribution >= 4 is 11.8 Å². The molecule has 8 heteroatoms. The quantitative estimate of drug-likeness (QED) is 0.742. The summed E-state index contributed by atoms with van der Waals surface area (Å²) < 4.78 is 5.24. The Morgan fingerprint density at radius 3 is 2.52 bits per heavy atom. The van der Waals surface area contributed by atoms with Crippen molar-refractivity contribution in [1.29, 1.82) is 0 Å². The molecule has 0 radical (unpaired) electrons. The van der Waals surface area contributed by atoms with Crippen LogP contribution in [0.5, 0.6) is 0 Å². The zero-order valence-electron chi connectivity index (χ0n) is 16.5. The summed E-state index contributed by atoms with van der Waals surface area (Å²) in [5.74, 6) is 1.44. The van der Waals surface area contributed by atoms with Crippen LogP contribution in [0.2, 0.25) is 0 Å². The highest BCUT2D eigenvalue weighted by atomic mass is 16.5. The van der Waals surface area contributed by atoms with Crippen LogP contribution in [0, 0.1) is 11.8 Å². The number of amides is 2. The van der Waals surface area contributed by atoms with Crippen LogP contribution in [0.15, 0.2) is 28.9 Å². The molecule has 0 unspecified atom stereocenters. The minimum atomic E-state index is 0.0126. The maximum atomic E-state index is 12.4. The molecule has 0 bridgehead atoms. The lowest BCUT2D eigenvalue weighted by atomic mass is 9.82. The van der Waals surface area contributed by atoms with E-state index in [2.05, 4.69) is 25.8 Å². The number of pyridine rings is 1. The van der Waals surface area contributed by atoms with E-state index >= 15 is 0 Å². The fourth-order valence-corrected chi connectivity index (χ4v) is 3.88.